The second-order valence-corrected chi connectivity index (χ2v) is 4.56. The van der Waals surface area contributed by atoms with Gasteiger partial charge in [0, 0.05) is 23.2 Å². The fourth-order valence-corrected chi connectivity index (χ4v) is 2.05. The molecule has 1 heterocycles. The number of nitriles is 1. The van der Waals surface area contributed by atoms with E-state index in [-0.39, 0.29) is 12.4 Å². The van der Waals surface area contributed by atoms with E-state index in [1.165, 1.54) is 18.2 Å². The fourth-order valence-electron chi connectivity index (χ4n) is 2.05. The lowest BCUT2D eigenvalue weighted by Crippen LogP contribution is -1.99. The lowest BCUT2D eigenvalue weighted by atomic mass is 10.1. The number of benzene rings is 2. The minimum Gasteiger partial charge on any atom is -0.489 e. The molecule has 0 unspecified atom stereocenters. The van der Waals surface area contributed by atoms with Gasteiger partial charge in [-0.25, -0.2) is 4.39 Å². The van der Waals surface area contributed by atoms with Crippen molar-refractivity contribution in [1.29, 1.82) is 5.26 Å². The van der Waals surface area contributed by atoms with E-state index < -0.39 is 0 Å². The predicted molar refractivity (Wildman–Crippen MR) is 77.2 cm³/mol. The molecule has 21 heavy (non-hydrogen) atoms. The van der Waals surface area contributed by atoms with Crippen LogP contribution in [0.3, 0.4) is 0 Å². The molecule has 0 atom stereocenters. The summed E-state index contributed by atoms with van der Waals surface area (Å²) in [4.78, 5) is 4.24. The number of halogens is 1. The Morgan fingerprint density at radius 1 is 1.14 bits per heavy atom. The molecule has 0 saturated carbocycles. The van der Waals surface area contributed by atoms with Gasteiger partial charge in [0.15, 0.2) is 0 Å². The van der Waals surface area contributed by atoms with Crippen molar-refractivity contribution in [2.24, 2.45) is 0 Å². The standard InChI is InChI=1S/C17H11FN2O/c18-16-6-3-12(10-19)8-14(16)11-21-15-5-4-13-2-1-7-20-17(13)9-15/h1-9H,11H2. The van der Waals surface area contributed by atoms with Crippen molar-refractivity contribution < 1.29 is 9.13 Å². The molecule has 0 bridgehead atoms. The summed E-state index contributed by atoms with van der Waals surface area (Å²) in [5, 5.41) is 9.85. The fraction of sp³-hybridized carbons (Fsp3) is 0.0588. The summed E-state index contributed by atoms with van der Waals surface area (Å²) in [6.07, 6.45) is 1.71. The molecule has 2 aromatic carbocycles. The first kappa shape index (κ1) is 13.1. The molecule has 0 saturated heterocycles. The second-order valence-electron chi connectivity index (χ2n) is 4.56. The Morgan fingerprint density at radius 3 is 2.90 bits per heavy atom. The van der Waals surface area contributed by atoms with Crippen molar-refractivity contribution in [2.75, 3.05) is 0 Å². The molecule has 0 aliphatic rings. The summed E-state index contributed by atoms with van der Waals surface area (Å²) in [7, 11) is 0. The molecule has 3 rings (SSSR count). The lowest BCUT2D eigenvalue weighted by Gasteiger charge is -2.08. The quantitative estimate of drug-likeness (QED) is 0.731. The smallest absolute Gasteiger partial charge is 0.129 e. The average molecular weight is 278 g/mol. The molecule has 0 radical (unpaired) electrons. The van der Waals surface area contributed by atoms with E-state index in [1.54, 1.807) is 12.3 Å². The summed E-state index contributed by atoms with van der Waals surface area (Å²) in [6, 6.07) is 15.6. The van der Waals surface area contributed by atoms with Gasteiger partial charge in [-0.1, -0.05) is 6.07 Å². The molecule has 102 valence electrons. The average Bonchev–Trinajstić information content (AvgIpc) is 2.54. The van der Waals surface area contributed by atoms with Crippen molar-refractivity contribution in [3.05, 3.63) is 71.7 Å². The Kier molecular flexibility index (Phi) is 3.48. The maximum atomic E-state index is 13.7. The molecule has 0 aliphatic carbocycles. The normalized spacial score (nSPS) is 10.3. The maximum absolute atomic E-state index is 13.7. The Balaban J connectivity index is 1.82. The highest BCUT2D eigenvalue weighted by atomic mass is 19.1. The van der Waals surface area contributed by atoms with Gasteiger partial charge < -0.3 is 4.74 Å². The first-order valence-corrected chi connectivity index (χ1v) is 6.42. The van der Waals surface area contributed by atoms with E-state index in [4.69, 9.17) is 10.00 Å². The SMILES string of the molecule is N#Cc1ccc(F)c(COc2ccc3cccnc3c2)c1. The van der Waals surface area contributed by atoms with Crippen molar-refractivity contribution >= 4 is 10.9 Å². The summed E-state index contributed by atoms with van der Waals surface area (Å²) >= 11 is 0. The number of rotatable bonds is 3. The molecule has 0 fully saturated rings. The van der Waals surface area contributed by atoms with Crippen LogP contribution in [0.4, 0.5) is 4.39 Å². The van der Waals surface area contributed by atoms with Crippen LogP contribution in [-0.2, 0) is 6.61 Å². The summed E-state index contributed by atoms with van der Waals surface area (Å²) < 4.78 is 19.3. The number of ether oxygens (including phenoxy) is 1. The summed E-state index contributed by atoms with van der Waals surface area (Å²) in [5.74, 6) is 0.232. The van der Waals surface area contributed by atoms with Gasteiger partial charge in [-0.2, -0.15) is 5.26 Å². The third kappa shape index (κ3) is 2.82. The van der Waals surface area contributed by atoms with E-state index in [9.17, 15) is 4.39 Å². The van der Waals surface area contributed by atoms with Gasteiger partial charge in [0.25, 0.3) is 0 Å². The molecule has 3 aromatic rings. The monoisotopic (exact) mass is 278 g/mol. The first-order chi connectivity index (χ1) is 10.3. The molecule has 0 spiro atoms. The van der Waals surface area contributed by atoms with Crippen LogP contribution in [0, 0.1) is 17.1 Å². The molecular weight excluding hydrogens is 267 g/mol. The Hall–Kier alpha value is -2.93. The molecule has 4 heteroatoms. The highest BCUT2D eigenvalue weighted by Gasteiger charge is 2.05. The number of hydrogen-bond donors (Lipinski definition) is 0. The first-order valence-electron chi connectivity index (χ1n) is 6.42. The van der Waals surface area contributed by atoms with E-state index in [2.05, 4.69) is 4.98 Å². The van der Waals surface area contributed by atoms with Crippen LogP contribution in [-0.4, -0.2) is 4.98 Å². The lowest BCUT2D eigenvalue weighted by molar-refractivity contribution is 0.300. The van der Waals surface area contributed by atoms with Crippen LogP contribution >= 0.6 is 0 Å². The minimum absolute atomic E-state index is 0.0691. The van der Waals surface area contributed by atoms with E-state index in [0.717, 1.165) is 10.9 Å². The van der Waals surface area contributed by atoms with Crippen molar-refractivity contribution in [3.63, 3.8) is 0 Å². The van der Waals surface area contributed by atoms with Gasteiger partial charge in [0.2, 0.25) is 0 Å². The van der Waals surface area contributed by atoms with Gasteiger partial charge in [0.1, 0.15) is 18.2 Å². The third-order valence-electron chi connectivity index (χ3n) is 3.15. The molecule has 0 amide bonds. The molecular formula is C17H11FN2O. The van der Waals surface area contributed by atoms with Crippen LogP contribution in [0.5, 0.6) is 5.75 Å². The van der Waals surface area contributed by atoms with Gasteiger partial charge in [-0.3, -0.25) is 4.98 Å². The predicted octanol–water partition coefficient (Wildman–Crippen LogP) is 3.82. The van der Waals surface area contributed by atoms with Gasteiger partial charge in [-0.05, 0) is 36.4 Å². The van der Waals surface area contributed by atoms with Crippen LogP contribution < -0.4 is 4.74 Å². The number of fused-ring (bicyclic) bond motifs is 1. The Bertz CT molecular complexity index is 840. The molecule has 0 aliphatic heterocycles. The zero-order chi connectivity index (χ0) is 14.7. The van der Waals surface area contributed by atoms with Crippen LogP contribution in [0.2, 0.25) is 0 Å². The minimum atomic E-state index is -0.382. The Labute approximate surface area is 121 Å². The molecule has 0 N–H and O–H groups in total. The van der Waals surface area contributed by atoms with Gasteiger partial charge in [-0.15, -0.1) is 0 Å². The topological polar surface area (TPSA) is 45.9 Å². The highest BCUT2D eigenvalue weighted by Crippen LogP contribution is 2.20. The Morgan fingerprint density at radius 2 is 2.05 bits per heavy atom. The molecule has 1 aromatic heterocycles. The zero-order valence-electron chi connectivity index (χ0n) is 11.1. The van der Waals surface area contributed by atoms with Crippen LogP contribution in [0.25, 0.3) is 10.9 Å². The highest BCUT2D eigenvalue weighted by molar-refractivity contribution is 5.79. The summed E-state index contributed by atoms with van der Waals surface area (Å²) in [6.45, 7) is 0.0691. The van der Waals surface area contributed by atoms with E-state index >= 15 is 0 Å². The van der Waals surface area contributed by atoms with E-state index in [0.29, 0.717) is 16.9 Å². The summed E-state index contributed by atoms with van der Waals surface area (Å²) in [5.41, 5.74) is 1.59. The number of aromatic nitrogens is 1. The van der Waals surface area contributed by atoms with Crippen molar-refractivity contribution in [2.45, 2.75) is 6.61 Å². The van der Waals surface area contributed by atoms with Crippen LogP contribution in [0.1, 0.15) is 11.1 Å². The third-order valence-corrected chi connectivity index (χ3v) is 3.15. The van der Waals surface area contributed by atoms with Crippen molar-refractivity contribution in [1.82, 2.24) is 4.98 Å². The number of pyridine rings is 1. The number of nitrogens with zero attached hydrogens (tertiary/aromatic N) is 2. The van der Waals surface area contributed by atoms with E-state index in [1.807, 2.05) is 30.3 Å². The van der Waals surface area contributed by atoms with Gasteiger partial charge >= 0.3 is 0 Å². The molecule has 3 nitrogen and oxygen atoms in total. The largest absolute Gasteiger partial charge is 0.489 e. The van der Waals surface area contributed by atoms with Crippen LogP contribution in [0.15, 0.2) is 54.7 Å². The van der Waals surface area contributed by atoms with Gasteiger partial charge in [0.05, 0.1) is 17.1 Å². The maximum Gasteiger partial charge on any atom is 0.129 e. The second kappa shape index (κ2) is 5.59. The number of hydrogen-bond acceptors (Lipinski definition) is 3. The van der Waals surface area contributed by atoms with Crippen molar-refractivity contribution in [3.8, 4) is 11.8 Å². The zero-order valence-corrected chi connectivity index (χ0v) is 11.1.